The van der Waals surface area contributed by atoms with Gasteiger partial charge in [-0.2, -0.15) is 4.31 Å². The van der Waals surface area contributed by atoms with E-state index in [0.717, 1.165) is 35.4 Å². The number of sulfonamides is 1. The molecule has 0 aliphatic carbocycles. The molecular weight excluding hydrogens is 434 g/mol. The normalized spacial score (nSPS) is 15.5. The van der Waals surface area contributed by atoms with Gasteiger partial charge in [0.25, 0.3) is 5.69 Å². The molecule has 0 unspecified atom stereocenters. The van der Waals surface area contributed by atoms with Crippen LogP contribution in [0.15, 0.2) is 45.8 Å². The van der Waals surface area contributed by atoms with Gasteiger partial charge in [-0.3, -0.25) is 10.1 Å². The molecule has 7 nitrogen and oxygen atoms in total. The minimum Gasteiger partial charge on any atom is -0.350 e. The Morgan fingerprint density at radius 3 is 2.44 bits per heavy atom. The van der Waals surface area contributed by atoms with Gasteiger partial charge in [-0.05, 0) is 55.7 Å². The third-order valence-electron chi connectivity index (χ3n) is 4.56. The zero-order valence-corrected chi connectivity index (χ0v) is 17.2. The highest BCUT2D eigenvalue weighted by molar-refractivity contribution is 9.10. The summed E-state index contributed by atoms with van der Waals surface area (Å²) in [5.74, 6) is 0. The highest BCUT2D eigenvalue weighted by Crippen LogP contribution is 2.32. The largest absolute Gasteiger partial charge is 0.350 e. The lowest BCUT2D eigenvalue weighted by Gasteiger charge is -2.25. The SMILES string of the molecule is Cc1cc(Nc2ccc(S(=O)(=O)N3CCCCC3)cc2[N+](=O)[O-])ccc1Br. The van der Waals surface area contributed by atoms with E-state index in [1.165, 1.54) is 16.4 Å². The summed E-state index contributed by atoms with van der Waals surface area (Å²) in [6.45, 7) is 2.82. The number of nitrogens with zero attached hydrogens (tertiary/aromatic N) is 2. The number of aryl methyl sites for hydroxylation is 1. The van der Waals surface area contributed by atoms with E-state index in [0.29, 0.717) is 18.8 Å². The molecule has 1 aliphatic rings. The van der Waals surface area contributed by atoms with Crippen molar-refractivity contribution in [1.82, 2.24) is 4.31 Å². The maximum absolute atomic E-state index is 12.8. The topological polar surface area (TPSA) is 92.6 Å². The maximum Gasteiger partial charge on any atom is 0.294 e. The summed E-state index contributed by atoms with van der Waals surface area (Å²) in [4.78, 5) is 10.9. The van der Waals surface area contributed by atoms with E-state index in [2.05, 4.69) is 21.2 Å². The van der Waals surface area contributed by atoms with Crippen LogP contribution < -0.4 is 5.32 Å². The predicted octanol–water partition coefficient (Wildman–Crippen LogP) is 4.58. The lowest BCUT2D eigenvalue weighted by molar-refractivity contribution is -0.384. The molecule has 0 spiro atoms. The number of rotatable bonds is 5. The second kappa shape index (κ2) is 7.95. The fourth-order valence-corrected chi connectivity index (χ4v) is 4.85. The number of nitro benzene ring substituents is 1. The number of piperidine rings is 1. The van der Waals surface area contributed by atoms with E-state index in [-0.39, 0.29) is 16.3 Å². The molecule has 1 saturated heterocycles. The van der Waals surface area contributed by atoms with Crippen molar-refractivity contribution in [3.8, 4) is 0 Å². The molecule has 1 heterocycles. The van der Waals surface area contributed by atoms with Gasteiger partial charge in [-0.15, -0.1) is 0 Å². The Labute approximate surface area is 166 Å². The smallest absolute Gasteiger partial charge is 0.294 e. The molecule has 1 N–H and O–H groups in total. The van der Waals surface area contributed by atoms with Gasteiger partial charge in [0.2, 0.25) is 10.0 Å². The number of benzene rings is 2. The fraction of sp³-hybridized carbons (Fsp3) is 0.333. The third kappa shape index (κ3) is 4.31. The van der Waals surface area contributed by atoms with Crippen LogP contribution in [0.2, 0.25) is 0 Å². The van der Waals surface area contributed by atoms with E-state index in [1.54, 1.807) is 6.07 Å². The molecular formula is C18H20BrN3O4S. The van der Waals surface area contributed by atoms with E-state index in [9.17, 15) is 18.5 Å². The minimum absolute atomic E-state index is 0.0476. The summed E-state index contributed by atoms with van der Waals surface area (Å²) in [5, 5.41) is 14.5. The molecule has 144 valence electrons. The van der Waals surface area contributed by atoms with Gasteiger partial charge < -0.3 is 5.32 Å². The number of nitrogens with one attached hydrogen (secondary N) is 1. The zero-order chi connectivity index (χ0) is 19.6. The molecule has 2 aromatic rings. The Hall–Kier alpha value is -1.97. The van der Waals surface area contributed by atoms with Crippen molar-refractivity contribution in [2.45, 2.75) is 31.1 Å². The van der Waals surface area contributed by atoms with Gasteiger partial charge in [0.15, 0.2) is 0 Å². The predicted molar refractivity (Wildman–Crippen MR) is 108 cm³/mol. The van der Waals surface area contributed by atoms with E-state index < -0.39 is 14.9 Å². The lowest BCUT2D eigenvalue weighted by Crippen LogP contribution is -2.35. The Balaban J connectivity index is 1.95. The van der Waals surface area contributed by atoms with Crippen LogP contribution in [0.3, 0.4) is 0 Å². The van der Waals surface area contributed by atoms with Crippen LogP contribution in [0.4, 0.5) is 17.1 Å². The Morgan fingerprint density at radius 1 is 1.11 bits per heavy atom. The number of hydrogen-bond acceptors (Lipinski definition) is 5. The van der Waals surface area contributed by atoms with Crippen LogP contribution in [0, 0.1) is 17.0 Å². The van der Waals surface area contributed by atoms with Crippen molar-refractivity contribution in [3.05, 3.63) is 56.5 Å². The first kappa shape index (κ1) is 19.8. The van der Waals surface area contributed by atoms with Gasteiger partial charge in [0.05, 0.1) is 9.82 Å². The van der Waals surface area contributed by atoms with Gasteiger partial charge >= 0.3 is 0 Å². The molecule has 3 rings (SSSR count). The monoisotopic (exact) mass is 453 g/mol. The highest BCUT2D eigenvalue weighted by atomic mass is 79.9. The van der Waals surface area contributed by atoms with E-state index in [4.69, 9.17) is 0 Å². The molecule has 27 heavy (non-hydrogen) atoms. The molecule has 1 aliphatic heterocycles. The lowest BCUT2D eigenvalue weighted by atomic mass is 10.2. The Bertz CT molecular complexity index is 973. The van der Waals surface area contributed by atoms with Crippen LogP contribution in [0.5, 0.6) is 0 Å². The molecule has 0 saturated carbocycles. The van der Waals surface area contributed by atoms with Crippen molar-refractivity contribution in [2.75, 3.05) is 18.4 Å². The van der Waals surface area contributed by atoms with Crippen molar-refractivity contribution >= 4 is 43.0 Å². The van der Waals surface area contributed by atoms with Gasteiger partial charge in [-0.25, -0.2) is 8.42 Å². The van der Waals surface area contributed by atoms with Crippen LogP contribution in [0.25, 0.3) is 0 Å². The fourth-order valence-electron chi connectivity index (χ4n) is 3.06. The standard InChI is InChI=1S/C18H20BrN3O4S/c1-13-11-14(5-7-16(13)19)20-17-8-6-15(12-18(17)22(23)24)27(25,26)21-9-3-2-4-10-21/h5-8,11-12,20H,2-4,9-10H2,1H3. The molecule has 9 heteroatoms. The van der Waals surface area contributed by atoms with Crippen LogP contribution >= 0.6 is 15.9 Å². The van der Waals surface area contributed by atoms with Crippen molar-refractivity contribution in [2.24, 2.45) is 0 Å². The molecule has 0 aromatic heterocycles. The van der Waals surface area contributed by atoms with Gasteiger partial charge in [-0.1, -0.05) is 22.4 Å². The molecule has 0 bridgehead atoms. The van der Waals surface area contributed by atoms with Crippen LogP contribution in [-0.2, 0) is 10.0 Å². The second-order valence-electron chi connectivity index (χ2n) is 6.49. The van der Waals surface area contributed by atoms with Gasteiger partial charge in [0, 0.05) is 29.3 Å². The number of halogens is 1. The molecule has 1 fully saturated rings. The minimum atomic E-state index is -3.73. The summed E-state index contributed by atoms with van der Waals surface area (Å²) in [7, 11) is -3.73. The zero-order valence-electron chi connectivity index (χ0n) is 14.8. The summed E-state index contributed by atoms with van der Waals surface area (Å²) in [5.41, 5.74) is 1.64. The maximum atomic E-state index is 12.8. The number of hydrogen-bond donors (Lipinski definition) is 1. The summed E-state index contributed by atoms with van der Waals surface area (Å²) >= 11 is 3.41. The summed E-state index contributed by atoms with van der Waals surface area (Å²) in [6.07, 6.45) is 2.62. The summed E-state index contributed by atoms with van der Waals surface area (Å²) in [6, 6.07) is 9.50. The quantitative estimate of drug-likeness (QED) is 0.527. The average molecular weight is 454 g/mol. The first-order valence-corrected chi connectivity index (χ1v) is 10.8. The number of nitro groups is 1. The third-order valence-corrected chi connectivity index (χ3v) is 7.34. The molecule has 0 radical (unpaired) electrons. The molecule has 0 amide bonds. The Kier molecular flexibility index (Phi) is 5.83. The van der Waals surface area contributed by atoms with Crippen LogP contribution in [0.1, 0.15) is 24.8 Å². The molecule has 0 atom stereocenters. The van der Waals surface area contributed by atoms with E-state index >= 15 is 0 Å². The summed E-state index contributed by atoms with van der Waals surface area (Å²) < 4.78 is 27.9. The van der Waals surface area contributed by atoms with Gasteiger partial charge in [0.1, 0.15) is 5.69 Å². The first-order chi connectivity index (χ1) is 12.8. The molecule has 2 aromatic carbocycles. The average Bonchev–Trinajstić information content (AvgIpc) is 2.65. The van der Waals surface area contributed by atoms with Crippen molar-refractivity contribution in [1.29, 1.82) is 0 Å². The van der Waals surface area contributed by atoms with Crippen molar-refractivity contribution < 1.29 is 13.3 Å². The first-order valence-electron chi connectivity index (χ1n) is 8.61. The number of anilines is 2. The van der Waals surface area contributed by atoms with Crippen LogP contribution in [-0.4, -0.2) is 30.7 Å². The highest BCUT2D eigenvalue weighted by Gasteiger charge is 2.28. The van der Waals surface area contributed by atoms with Crippen molar-refractivity contribution in [3.63, 3.8) is 0 Å². The van der Waals surface area contributed by atoms with E-state index in [1.807, 2.05) is 19.1 Å². The second-order valence-corrected chi connectivity index (χ2v) is 9.28. The Morgan fingerprint density at radius 2 is 1.81 bits per heavy atom.